The van der Waals surface area contributed by atoms with E-state index in [-0.39, 0.29) is 22.7 Å². The molecule has 226 valence electrons. The lowest BCUT2D eigenvalue weighted by Gasteiger charge is -2.38. The number of pyridine rings is 1. The van der Waals surface area contributed by atoms with E-state index in [0.29, 0.717) is 0 Å². The predicted octanol–water partition coefficient (Wildman–Crippen LogP) is 7.16. The third kappa shape index (κ3) is 5.64. The van der Waals surface area contributed by atoms with Crippen molar-refractivity contribution >= 4 is 11.5 Å². The van der Waals surface area contributed by atoms with Crippen LogP contribution in [-0.2, 0) is 16.0 Å². The Morgan fingerprint density at radius 3 is 2.00 bits per heavy atom. The molecule has 0 bridgehead atoms. The van der Waals surface area contributed by atoms with Crippen LogP contribution in [-0.4, -0.2) is 60.8 Å². The number of rotatable bonds is 7. The fraction of sp³-hybridized carbons (Fsp3) is 0.758. The molecule has 0 radical (unpaired) electrons. The highest BCUT2D eigenvalue weighted by Gasteiger charge is 2.62. The molecule has 0 spiro atoms. The lowest BCUT2D eigenvalue weighted by atomic mass is 9.67. The number of hydrogen-bond acceptors (Lipinski definition) is 7. The summed E-state index contributed by atoms with van der Waals surface area (Å²) in [5.41, 5.74) is 1.99. The normalized spacial score (nSPS) is 26.4. The van der Waals surface area contributed by atoms with Gasteiger partial charge in [0.25, 0.3) is 0 Å². The molecule has 1 saturated heterocycles. The van der Waals surface area contributed by atoms with Crippen LogP contribution in [0.2, 0.25) is 0 Å². The van der Waals surface area contributed by atoms with Crippen LogP contribution in [0.3, 0.4) is 0 Å². The standard InChI is InChI=1S/C33H55N3O4/c1-28(2,3)17-23-25(32(10,11)35(38)30(23,6)7)22-15-21(19-34-20-22)16-29(4,5)18-24-26(27(37)40-14)33(12,13)36(39)31(24,8)9/h15,19-20,24,26,38-39H,16-18H2,1-14H3. The highest BCUT2D eigenvalue weighted by atomic mass is 16.5. The van der Waals surface area contributed by atoms with Crippen LogP contribution in [0.1, 0.15) is 114 Å². The van der Waals surface area contributed by atoms with Crippen LogP contribution in [0.5, 0.6) is 0 Å². The van der Waals surface area contributed by atoms with Crippen LogP contribution in [0.15, 0.2) is 24.0 Å². The van der Waals surface area contributed by atoms with E-state index < -0.39 is 28.1 Å². The zero-order chi connectivity index (χ0) is 30.9. The van der Waals surface area contributed by atoms with Crippen molar-refractivity contribution < 1.29 is 19.9 Å². The van der Waals surface area contributed by atoms with E-state index in [9.17, 15) is 15.2 Å². The van der Waals surface area contributed by atoms with E-state index in [4.69, 9.17) is 4.74 Å². The van der Waals surface area contributed by atoms with Crippen molar-refractivity contribution in [3.63, 3.8) is 0 Å². The number of nitrogens with zero attached hydrogens (tertiary/aromatic N) is 3. The van der Waals surface area contributed by atoms with Crippen LogP contribution < -0.4 is 0 Å². The second kappa shape index (κ2) is 10.2. The van der Waals surface area contributed by atoms with Crippen LogP contribution >= 0.6 is 0 Å². The maximum atomic E-state index is 13.0. The van der Waals surface area contributed by atoms with Gasteiger partial charge in [-0.2, -0.15) is 10.1 Å². The smallest absolute Gasteiger partial charge is 0.310 e. The fourth-order valence-corrected chi connectivity index (χ4v) is 7.79. The van der Waals surface area contributed by atoms with Gasteiger partial charge in [-0.3, -0.25) is 9.78 Å². The quantitative estimate of drug-likeness (QED) is 0.344. The fourth-order valence-electron chi connectivity index (χ4n) is 7.79. The first-order valence-electron chi connectivity index (χ1n) is 14.7. The zero-order valence-electron chi connectivity index (χ0n) is 27.6. The molecule has 1 aromatic heterocycles. The highest BCUT2D eigenvalue weighted by Crippen LogP contribution is 2.54. The van der Waals surface area contributed by atoms with Crippen molar-refractivity contribution in [3.8, 4) is 0 Å². The lowest BCUT2D eigenvalue weighted by Crippen LogP contribution is -2.48. The molecule has 2 unspecified atom stereocenters. The first-order chi connectivity index (χ1) is 17.9. The second-order valence-electron chi connectivity index (χ2n) is 16.4. The highest BCUT2D eigenvalue weighted by molar-refractivity contribution is 5.79. The van der Waals surface area contributed by atoms with Crippen molar-refractivity contribution in [2.75, 3.05) is 7.11 Å². The third-order valence-corrected chi connectivity index (χ3v) is 9.57. The predicted molar refractivity (Wildman–Crippen MR) is 160 cm³/mol. The Hall–Kier alpha value is -1.80. The monoisotopic (exact) mass is 557 g/mol. The van der Waals surface area contributed by atoms with Gasteiger partial charge in [0.05, 0.1) is 29.6 Å². The number of ether oxygens (including phenoxy) is 1. The van der Waals surface area contributed by atoms with E-state index in [0.717, 1.165) is 36.0 Å². The van der Waals surface area contributed by atoms with Gasteiger partial charge in [0.2, 0.25) is 0 Å². The second-order valence-corrected chi connectivity index (χ2v) is 16.4. The molecule has 3 rings (SSSR count). The number of carbonyl (C=O) groups excluding carboxylic acids is 1. The summed E-state index contributed by atoms with van der Waals surface area (Å²) in [6.45, 7) is 27.3. The molecule has 0 saturated carbocycles. The Balaban J connectivity index is 2.00. The summed E-state index contributed by atoms with van der Waals surface area (Å²) < 4.78 is 5.22. The summed E-state index contributed by atoms with van der Waals surface area (Å²) in [5, 5.41) is 25.3. The molecule has 2 atom stereocenters. The molecule has 0 amide bonds. The average molecular weight is 558 g/mol. The van der Waals surface area contributed by atoms with Gasteiger partial charge in [0.15, 0.2) is 0 Å². The van der Waals surface area contributed by atoms with Gasteiger partial charge in [0.1, 0.15) is 0 Å². The summed E-state index contributed by atoms with van der Waals surface area (Å²) >= 11 is 0. The summed E-state index contributed by atoms with van der Waals surface area (Å²) in [6.07, 6.45) is 6.20. The molecule has 3 heterocycles. The Morgan fingerprint density at radius 1 is 0.900 bits per heavy atom. The van der Waals surface area contributed by atoms with E-state index in [1.807, 2.05) is 40.1 Å². The average Bonchev–Trinajstić information content (AvgIpc) is 3.01. The molecule has 40 heavy (non-hydrogen) atoms. The first-order valence-corrected chi connectivity index (χ1v) is 14.7. The molecule has 2 aliphatic heterocycles. The maximum Gasteiger partial charge on any atom is 0.310 e. The number of carbonyl (C=O) groups is 1. The van der Waals surface area contributed by atoms with Gasteiger partial charge < -0.3 is 15.2 Å². The molecule has 2 N–H and O–H groups in total. The Kier molecular flexibility index (Phi) is 8.33. The zero-order valence-corrected chi connectivity index (χ0v) is 27.6. The molecule has 1 aromatic rings. The van der Waals surface area contributed by atoms with Crippen molar-refractivity contribution in [1.29, 1.82) is 0 Å². The lowest BCUT2D eigenvalue weighted by molar-refractivity contribution is -0.202. The SMILES string of the molecule is COC(=O)C1C(CC(C)(C)Cc2cncc(C3=C(CC(C)(C)C)C(C)(C)N(O)C3(C)C)c2)C(C)(C)N(O)C1(C)C. The minimum atomic E-state index is -0.744. The minimum absolute atomic E-state index is 0.0603. The largest absolute Gasteiger partial charge is 0.469 e. The van der Waals surface area contributed by atoms with E-state index >= 15 is 0 Å². The van der Waals surface area contributed by atoms with Gasteiger partial charge in [0, 0.05) is 17.9 Å². The topological polar surface area (TPSA) is 86.1 Å². The van der Waals surface area contributed by atoms with Crippen molar-refractivity contribution in [2.24, 2.45) is 22.7 Å². The number of hydrogen-bond donors (Lipinski definition) is 2. The maximum absolute atomic E-state index is 13.0. The van der Waals surface area contributed by atoms with Crippen molar-refractivity contribution in [3.05, 3.63) is 35.2 Å². The third-order valence-electron chi connectivity index (χ3n) is 9.57. The van der Waals surface area contributed by atoms with E-state index in [1.54, 1.807) is 0 Å². The number of hydroxylamine groups is 4. The summed E-state index contributed by atoms with van der Waals surface area (Å²) in [6, 6.07) is 2.23. The van der Waals surface area contributed by atoms with E-state index in [2.05, 4.69) is 73.4 Å². The summed E-state index contributed by atoms with van der Waals surface area (Å²) in [7, 11) is 1.42. The van der Waals surface area contributed by atoms with Crippen LogP contribution in [0.25, 0.3) is 5.57 Å². The molecule has 7 nitrogen and oxygen atoms in total. The van der Waals surface area contributed by atoms with Crippen LogP contribution in [0, 0.1) is 22.7 Å². The molecule has 0 aromatic carbocycles. The van der Waals surface area contributed by atoms with Crippen molar-refractivity contribution in [1.82, 2.24) is 15.1 Å². The molecule has 1 fully saturated rings. The van der Waals surface area contributed by atoms with Gasteiger partial charge in [-0.1, -0.05) is 34.6 Å². The summed E-state index contributed by atoms with van der Waals surface area (Å²) in [4.78, 5) is 17.7. The number of methoxy groups -OCH3 is 1. The summed E-state index contributed by atoms with van der Waals surface area (Å²) in [5.74, 6) is -0.842. The number of esters is 1. The molecule has 0 aliphatic carbocycles. The molecular weight excluding hydrogens is 502 g/mol. The van der Waals surface area contributed by atoms with Crippen LogP contribution in [0.4, 0.5) is 0 Å². The minimum Gasteiger partial charge on any atom is -0.469 e. The number of aromatic nitrogens is 1. The van der Waals surface area contributed by atoms with Gasteiger partial charge in [-0.15, -0.1) is 0 Å². The van der Waals surface area contributed by atoms with Crippen molar-refractivity contribution in [2.45, 2.75) is 131 Å². The Morgan fingerprint density at radius 2 is 1.48 bits per heavy atom. The van der Waals surface area contributed by atoms with Gasteiger partial charge in [-0.25, -0.2) is 0 Å². The van der Waals surface area contributed by atoms with E-state index in [1.165, 1.54) is 22.8 Å². The Labute approximate surface area is 242 Å². The molecule has 2 aliphatic rings. The molecule has 7 heteroatoms. The Bertz CT molecular complexity index is 1160. The van der Waals surface area contributed by atoms with Gasteiger partial charge in [-0.05, 0) is 120 Å². The van der Waals surface area contributed by atoms with Gasteiger partial charge >= 0.3 is 5.97 Å². The first kappa shape index (κ1) is 32.7. The molecular formula is C33H55N3O4.